The van der Waals surface area contributed by atoms with E-state index in [1.807, 2.05) is 24.3 Å². The maximum Gasteiger partial charge on any atom is 0.472 e. The first kappa shape index (κ1) is 104. The van der Waals surface area contributed by atoms with E-state index in [4.69, 9.17) is 37.0 Å². The van der Waals surface area contributed by atoms with Gasteiger partial charge in [0.2, 0.25) is 0 Å². The van der Waals surface area contributed by atoms with Gasteiger partial charge >= 0.3 is 39.5 Å². The van der Waals surface area contributed by atoms with Crippen molar-refractivity contribution in [2.45, 2.75) is 303 Å². The zero-order valence-electron chi connectivity index (χ0n) is 67.8. The van der Waals surface area contributed by atoms with Crippen LogP contribution in [0.4, 0.5) is 0 Å². The van der Waals surface area contributed by atoms with Crippen LogP contribution >= 0.6 is 15.6 Å². The lowest BCUT2D eigenvalue weighted by Gasteiger charge is -2.21. The van der Waals surface area contributed by atoms with Crippen molar-refractivity contribution < 1.29 is 80.2 Å². The Morgan fingerprint density at radius 1 is 0.255 bits per heavy atom. The van der Waals surface area contributed by atoms with Crippen molar-refractivity contribution in [3.63, 3.8) is 0 Å². The minimum Gasteiger partial charge on any atom is -0.462 e. The molecule has 0 aromatic carbocycles. The Morgan fingerprint density at radius 2 is 0.464 bits per heavy atom. The summed E-state index contributed by atoms with van der Waals surface area (Å²) in [5.74, 6) is -2.37. The van der Waals surface area contributed by atoms with Crippen molar-refractivity contribution in [1.82, 2.24) is 0 Å². The van der Waals surface area contributed by atoms with Crippen LogP contribution in [0.15, 0.2) is 207 Å². The predicted octanol–water partition coefficient (Wildman–Crippen LogP) is 24.7. The number of carbonyl (C=O) groups excluding carboxylic acids is 4. The number of rotatable bonds is 75. The molecule has 17 nitrogen and oxygen atoms in total. The first-order valence-electron chi connectivity index (χ1n) is 41.3. The third kappa shape index (κ3) is 79.7. The maximum absolute atomic E-state index is 13.1. The average Bonchev–Trinajstić information content (AvgIpc) is 0.899. The zero-order valence-corrected chi connectivity index (χ0v) is 69.6. The standard InChI is InChI=1S/C91H144O17P2/c1-5-9-13-17-21-25-29-33-37-40-42-45-48-51-55-59-63-67-71-75-88(93)101-81-86(107-90(95)77-73-69-65-61-57-53-47-36-32-28-24-20-16-12-8-4)83-105-109(97,98)103-79-85(92)80-104-110(99,100)106-84-87(108-91(96)78-74-70-66-62-58-54-50-44-39-35-31-27-23-19-15-11-7-3)82-102-89(94)76-72-68-64-60-56-52-49-46-43-41-38-34-30-26-22-18-14-10-6-2/h9-16,21-28,33-39,42-43,45-47,51,55,57,61,63,67,85-87,92H,5-8,17-20,29-32,40-41,44,48-50,52-54,56,58-60,62,64-66,68-84H2,1-4H3,(H,97,98)(H,99,100)/b13-9-,14-10-,15-11-,16-12-,25-21-,26-22-,27-23-,28-24-,37-33-,38-34-,39-35-,45-42-,46-43-,47-36-,55-51-,61-57-,67-63-. The number of esters is 4. The Balaban J connectivity index is 5.51. The molecule has 0 aliphatic carbocycles. The van der Waals surface area contributed by atoms with Crippen LogP contribution in [0.1, 0.15) is 285 Å². The van der Waals surface area contributed by atoms with Crippen LogP contribution in [0.25, 0.3) is 0 Å². The van der Waals surface area contributed by atoms with E-state index in [1.165, 1.54) is 0 Å². The lowest BCUT2D eigenvalue weighted by atomic mass is 10.1. The van der Waals surface area contributed by atoms with Gasteiger partial charge in [-0.25, -0.2) is 9.13 Å². The van der Waals surface area contributed by atoms with Gasteiger partial charge < -0.3 is 33.8 Å². The predicted molar refractivity (Wildman–Crippen MR) is 454 cm³/mol. The summed E-state index contributed by atoms with van der Waals surface area (Å²) in [5, 5.41) is 10.7. The van der Waals surface area contributed by atoms with E-state index in [2.05, 4.69) is 210 Å². The highest BCUT2D eigenvalue weighted by atomic mass is 31.2. The molecule has 5 atom stereocenters. The van der Waals surface area contributed by atoms with Crippen LogP contribution in [-0.2, 0) is 65.4 Å². The molecule has 0 heterocycles. The van der Waals surface area contributed by atoms with Gasteiger partial charge in [0.25, 0.3) is 0 Å². The number of ether oxygens (including phenoxy) is 4. The highest BCUT2D eigenvalue weighted by Gasteiger charge is 2.30. The highest BCUT2D eigenvalue weighted by Crippen LogP contribution is 2.45. The molecule has 0 saturated heterocycles. The molecule has 0 aliphatic rings. The van der Waals surface area contributed by atoms with Gasteiger partial charge in [0.15, 0.2) is 12.2 Å². The second kappa shape index (κ2) is 80.7. The summed E-state index contributed by atoms with van der Waals surface area (Å²) in [7, 11) is -10.0. The number of phosphoric acid groups is 2. The summed E-state index contributed by atoms with van der Waals surface area (Å²) < 4.78 is 68.6. The van der Waals surface area contributed by atoms with E-state index in [0.717, 1.165) is 193 Å². The topological polar surface area (TPSA) is 237 Å². The number of hydrogen-bond donors (Lipinski definition) is 3. The molecule has 19 heteroatoms. The van der Waals surface area contributed by atoms with Crippen LogP contribution in [0, 0.1) is 0 Å². The minimum absolute atomic E-state index is 0.0181. The van der Waals surface area contributed by atoms with Crippen molar-refractivity contribution in [3.05, 3.63) is 207 Å². The van der Waals surface area contributed by atoms with Gasteiger partial charge in [-0.05, 0) is 173 Å². The van der Waals surface area contributed by atoms with Gasteiger partial charge in [0, 0.05) is 25.7 Å². The second-order valence-electron chi connectivity index (χ2n) is 26.5. The molecule has 0 radical (unpaired) electrons. The van der Waals surface area contributed by atoms with Crippen LogP contribution in [0.2, 0.25) is 0 Å². The van der Waals surface area contributed by atoms with Crippen LogP contribution in [0.3, 0.4) is 0 Å². The molecule has 5 unspecified atom stereocenters. The third-order valence-electron chi connectivity index (χ3n) is 16.2. The van der Waals surface area contributed by atoms with Crippen LogP contribution in [-0.4, -0.2) is 96.7 Å². The molecule has 3 N–H and O–H groups in total. The number of carbonyl (C=O) groups is 4. The van der Waals surface area contributed by atoms with Crippen molar-refractivity contribution >= 4 is 39.5 Å². The van der Waals surface area contributed by atoms with E-state index >= 15 is 0 Å². The van der Waals surface area contributed by atoms with Gasteiger partial charge in [-0.15, -0.1) is 0 Å². The van der Waals surface area contributed by atoms with Gasteiger partial charge in [0.1, 0.15) is 19.3 Å². The Morgan fingerprint density at radius 3 is 0.755 bits per heavy atom. The fourth-order valence-corrected chi connectivity index (χ4v) is 11.7. The summed E-state index contributed by atoms with van der Waals surface area (Å²) in [6, 6.07) is 0. The number of hydrogen-bond acceptors (Lipinski definition) is 15. The summed E-state index contributed by atoms with van der Waals surface area (Å²) in [6.45, 7) is 4.24. The Kier molecular flexibility index (Phi) is 76.0. The number of phosphoric ester groups is 2. The van der Waals surface area contributed by atoms with Crippen molar-refractivity contribution in [3.8, 4) is 0 Å². The van der Waals surface area contributed by atoms with Crippen LogP contribution < -0.4 is 0 Å². The van der Waals surface area contributed by atoms with E-state index in [9.17, 15) is 43.2 Å². The van der Waals surface area contributed by atoms with Crippen LogP contribution in [0.5, 0.6) is 0 Å². The number of aliphatic hydroxyl groups excluding tert-OH is 1. The molecule has 0 bridgehead atoms. The van der Waals surface area contributed by atoms with Gasteiger partial charge in [-0.1, -0.05) is 292 Å². The SMILES string of the molecule is CC/C=C\C/C=C\C/C=C\C/C=C\C/C=C\C/C=C\CCC(=O)OCC(COP(=O)(O)OCC(O)COP(=O)(O)OCC(COC(=O)CCCCCCCC/C=C\C/C=C\C/C=C\C/C=C\CC)OC(=O)CCCCCCCCC/C=C\C/C=C\C/C=C\CC)OC(=O)CCCC/C=C\C/C=C\C/C=C\C/C=C\CC. The van der Waals surface area contributed by atoms with E-state index < -0.39 is 97.5 Å². The van der Waals surface area contributed by atoms with Gasteiger partial charge in [-0.3, -0.25) is 37.3 Å². The quantitative estimate of drug-likeness (QED) is 0.0169. The van der Waals surface area contributed by atoms with E-state index in [1.54, 1.807) is 0 Å². The van der Waals surface area contributed by atoms with Gasteiger partial charge in [0.05, 0.1) is 26.4 Å². The first-order valence-corrected chi connectivity index (χ1v) is 44.3. The molecule has 0 spiro atoms. The minimum atomic E-state index is -5.02. The van der Waals surface area contributed by atoms with Crippen molar-refractivity contribution in [2.75, 3.05) is 39.6 Å². The van der Waals surface area contributed by atoms with E-state index in [-0.39, 0.29) is 25.7 Å². The summed E-state index contributed by atoms with van der Waals surface area (Å²) in [4.78, 5) is 73.2. The second-order valence-corrected chi connectivity index (χ2v) is 29.4. The first-order chi connectivity index (χ1) is 53.7. The lowest BCUT2D eigenvalue weighted by Crippen LogP contribution is -2.30. The third-order valence-corrected chi connectivity index (χ3v) is 18.1. The molecule has 0 aromatic rings. The molecule has 0 aliphatic heterocycles. The number of unbranched alkanes of at least 4 members (excludes halogenated alkanes) is 15. The summed E-state index contributed by atoms with van der Waals surface area (Å²) >= 11 is 0. The number of allylic oxidation sites excluding steroid dienone is 34. The Hall–Kier alpha value is -6.36. The normalized spacial score (nSPS) is 14.9. The zero-order chi connectivity index (χ0) is 80.3. The molecule has 0 saturated carbocycles. The fraction of sp³-hybridized carbons (Fsp3) is 0.582. The molecule has 0 aromatic heterocycles. The smallest absolute Gasteiger partial charge is 0.462 e. The molecule has 110 heavy (non-hydrogen) atoms. The summed E-state index contributed by atoms with van der Waals surface area (Å²) in [6.07, 6.45) is 101. The molecule has 0 fully saturated rings. The molecular weight excluding hydrogens is 1430 g/mol. The largest absolute Gasteiger partial charge is 0.472 e. The summed E-state index contributed by atoms with van der Waals surface area (Å²) in [5.41, 5.74) is 0. The van der Waals surface area contributed by atoms with Gasteiger partial charge in [-0.2, -0.15) is 0 Å². The average molecular weight is 1570 g/mol. The monoisotopic (exact) mass is 1570 g/mol. The molecular formula is C91H144O17P2. The Bertz CT molecular complexity index is 2900. The molecule has 0 amide bonds. The lowest BCUT2D eigenvalue weighted by molar-refractivity contribution is -0.161. The van der Waals surface area contributed by atoms with Crippen molar-refractivity contribution in [1.29, 1.82) is 0 Å². The van der Waals surface area contributed by atoms with E-state index in [0.29, 0.717) is 38.5 Å². The molecule has 0 rings (SSSR count). The maximum atomic E-state index is 13.1. The highest BCUT2D eigenvalue weighted by molar-refractivity contribution is 7.47. The fourth-order valence-electron chi connectivity index (χ4n) is 10.1. The van der Waals surface area contributed by atoms with Crippen molar-refractivity contribution in [2.24, 2.45) is 0 Å². The molecule has 620 valence electrons. The Labute approximate surface area is 665 Å². The number of aliphatic hydroxyl groups is 1.